The summed E-state index contributed by atoms with van der Waals surface area (Å²) in [5.41, 5.74) is 0. The van der Waals surface area contributed by atoms with Crippen LogP contribution in [-0.2, 0) is 14.3 Å². The Bertz CT molecular complexity index is 315. The van der Waals surface area contributed by atoms with Gasteiger partial charge in [0.15, 0.2) is 5.79 Å². The van der Waals surface area contributed by atoms with E-state index in [-0.39, 0.29) is 5.79 Å². The van der Waals surface area contributed by atoms with Gasteiger partial charge in [-0.1, -0.05) is 0 Å². The van der Waals surface area contributed by atoms with Crippen LogP contribution in [0.4, 0.5) is 0 Å². The van der Waals surface area contributed by atoms with Gasteiger partial charge in [-0.15, -0.1) is 0 Å². The van der Waals surface area contributed by atoms with Crippen LogP contribution in [0.1, 0.15) is 32.1 Å². The third-order valence-corrected chi connectivity index (χ3v) is 5.54. The third kappa shape index (κ3) is 3.26. The van der Waals surface area contributed by atoms with Crippen molar-refractivity contribution in [1.29, 1.82) is 0 Å². The molecule has 3 fully saturated rings. The highest BCUT2D eigenvalue weighted by molar-refractivity contribution is 7.99. The predicted octanol–water partition coefficient (Wildman–Crippen LogP) is 1.89. The van der Waals surface area contributed by atoms with E-state index in [1.165, 1.54) is 24.3 Å². The van der Waals surface area contributed by atoms with Gasteiger partial charge in [0, 0.05) is 32.4 Å². The van der Waals surface area contributed by atoms with Crippen molar-refractivity contribution >= 4 is 17.7 Å². The lowest BCUT2D eigenvalue weighted by Gasteiger charge is -2.38. The van der Waals surface area contributed by atoms with Gasteiger partial charge in [0.2, 0.25) is 5.91 Å². The smallest absolute Gasteiger partial charge is 0.222 e. The van der Waals surface area contributed by atoms with Gasteiger partial charge < -0.3 is 14.4 Å². The van der Waals surface area contributed by atoms with Crippen LogP contribution in [0.15, 0.2) is 0 Å². The van der Waals surface area contributed by atoms with Crippen LogP contribution in [0.3, 0.4) is 0 Å². The first-order chi connectivity index (χ1) is 9.27. The number of carbonyl (C=O) groups excluding carboxylic acids is 1. The molecule has 0 aromatic carbocycles. The van der Waals surface area contributed by atoms with E-state index in [2.05, 4.69) is 0 Å². The number of likely N-dealkylation sites (tertiary alicyclic amines) is 1. The van der Waals surface area contributed by atoms with Crippen molar-refractivity contribution in [3.63, 3.8) is 0 Å². The van der Waals surface area contributed by atoms with Crippen molar-refractivity contribution in [1.82, 2.24) is 4.90 Å². The summed E-state index contributed by atoms with van der Waals surface area (Å²) in [6, 6.07) is 0. The van der Waals surface area contributed by atoms with Crippen molar-refractivity contribution in [2.45, 2.75) is 37.9 Å². The zero-order valence-electron chi connectivity index (χ0n) is 11.4. The lowest BCUT2D eigenvalue weighted by atomic mass is 9.96. The van der Waals surface area contributed by atoms with Crippen molar-refractivity contribution < 1.29 is 14.3 Å². The SMILES string of the molecule is O=C(CC1CCSCC1)N1CCC2(CC1)OCCO2. The molecule has 3 rings (SSSR count). The van der Waals surface area contributed by atoms with Crippen molar-refractivity contribution in [3.8, 4) is 0 Å². The van der Waals surface area contributed by atoms with Gasteiger partial charge in [-0.2, -0.15) is 11.8 Å². The van der Waals surface area contributed by atoms with Gasteiger partial charge in [-0.3, -0.25) is 4.79 Å². The largest absolute Gasteiger partial charge is 0.347 e. The van der Waals surface area contributed by atoms with E-state index in [1.807, 2.05) is 16.7 Å². The summed E-state index contributed by atoms with van der Waals surface area (Å²) in [5, 5.41) is 0. The van der Waals surface area contributed by atoms with Crippen LogP contribution < -0.4 is 0 Å². The van der Waals surface area contributed by atoms with Crippen LogP contribution in [0.25, 0.3) is 0 Å². The summed E-state index contributed by atoms with van der Waals surface area (Å²) in [7, 11) is 0. The molecular weight excluding hydrogens is 262 g/mol. The minimum absolute atomic E-state index is 0.338. The highest BCUT2D eigenvalue weighted by Crippen LogP contribution is 2.32. The molecule has 1 amide bonds. The maximum absolute atomic E-state index is 12.3. The average Bonchev–Trinajstić information content (AvgIpc) is 2.89. The Balaban J connectivity index is 1.46. The fourth-order valence-corrected chi connectivity index (χ4v) is 4.41. The lowest BCUT2D eigenvalue weighted by molar-refractivity contribution is -0.187. The average molecular weight is 285 g/mol. The number of thioether (sulfide) groups is 1. The molecule has 3 saturated heterocycles. The number of hydrogen-bond acceptors (Lipinski definition) is 4. The first-order valence-electron chi connectivity index (χ1n) is 7.41. The molecular formula is C14H23NO3S. The number of rotatable bonds is 2. The number of carbonyl (C=O) groups is 1. The van der Waals surface area contributed by atoms with E-state index in [0.29, 0.717) is 25.0 Å². The lowest BCUT2D eigenvalue weighted by Crippen LogP contribution is -2.47. The summed E-state index contributed by atoms with van der Waals surface area (Å²) in [6.07, 6.45) is 4.83. The minimum atomic E-state index is -0.363. The molecule has 3 aliphatic rings. The van der Waals surface area contributed by atoms with Crippen LogP contribution in [0, 0.1) is 5.92 Å². The van der Waals surface area contributed by atoms with Gasteiger partial charge in [0.25, 0.3) is 0 Å². The molecule has 0 atom stereocenters. The third-order valence-electron chi connectivity index (χ3n) is 4.50. The quantitative estimate of drug-likeness (QED) is 0.776. The summed E-state index contributed by atoms with van der Waals surface area (Å²) in [5.74, 6) is 3.04. The van der Waals surface area contributed by atoms with Gasteiger partial charge in [-0.05, 0) is 30.3 Å². The van der Waals surface area contributed by atoms with Crippen LogP contribution >= 0.6 is 11.8 Å². The number of piperidine rings is 1. The zero-order chi connectivity index (χ0) is 13.1. The minimum Gasteiger partial charge on any atom is -0.347 e. The summed E-state index contributed by atoms with van der Waals surface area (Å²) < 4.78 is 11.4. The molecule has 0 aliphatic carbocycles. The summed E-state index contributed by atoms with van der Waals surface area (Å²) >= 11 is 2.02. The Morgan fingerprint density at radius 2 is 1.79 bits per heavy atom. The highest BCUT2D eigenvalue weighted by Gasteiger charge is 2.40. The van der Waals surface area contributed by atoms with Crippen molar-refractivity contribution in [2.75, 3.05) is 37.8 Å². The number of amides is 1. The summed E-state index contributed by atoms with van der Waals surface area (Å²) in [4.78, 5) is 14.3. The Labute approximate surface area is 119 Å². The molecule has 0 unspecified atom stereocenters. The molecule has 0 saturated carbocycles. The topological polar surface area (TPSA) is 38.8 Å². The molecule has 3 aliphatic heterocycles. The number of nitrogens with zero attached hydrogens (tertiary/aromatic N) is 1. The molecule has 0 N–H and O–H groups in total. The molecule has 5 heteroatoms. The first-order valence-corrected chi connectivity index (χ1v) is 8.56. The second-order valence-corrected chi connectivity index (χ2v) is 6.97. The molecule has 0 aromatic rings. The maximum atomic E-state index is 12.3. The zero-order valence-corrected chi connectivity index (χ0v) is 12.3. The molecule has 108 valence electrons. The standard InChI is InChI=1S/C14H23NO3S/c16-13(11-12-1-9-19-10-2-12)15-5-3-14(4-6-15)17-7-8-18-14/h12H,1-11H2. The molecule has 19 heavy (non-hydrogen) atoms. The fraction of sp³-hybridized carbons (Fsp3) is 0.929. The number of hydrogen-bond donors (Lipinski definition) is 0. The Hall–Kier alpha value is -0.260. The van der Waals surface area contributed by atoms with Crippen LogP contribution in [0.5, 0.6) is 0 Å². The predicted molar refractivity (Wildman–Crippen MR) is 75.1 cm³/mol. The van der Waals surface area contributed by atoms with Gasteiger partial charge in [0.05, 0.1) is 13.2 Å². The van der Waals surface area contributed by atoms with Gasteiger partial charge >= 0.3 is 0 Å². The highest BCUT2D eigenvalue weighted by atomic mass is 32.2. The molecule has 0 radical (unpaired) electrons. The fourth-order valence-electron chi connectivity index (χ4n) is 3.21. The maximum Gasteiger partial charge on any atom is 0.222 e. The van der Waals surface area contributed by atoms with Gasteiger partial charge in [-0.25, -0.2) is 0 Å². The van der Waals surface area contributed by atoms with E-state index >= 15 is 0 Å². The first kappa shape index (κ1) is 13.7. The van der Waals surface area contributed by atoms with Gasteiger partial charge in [0.1, 0.15) is 0 Å². The van der Waals surface area contributed by atoms with E-state index in [1.54, 1.807) is 0 Å². The van der Waals surface area contributed by atoms with Crippen LogP contribution in [-0.4, -0.2) is 54.4 Å². The van der Waals surface area contributed by atoms with E-state index in [4.69, 9.17) is 9.47 Å². The summed E-state index contributed by atoms with van der Waals surface area (Å²) in [6.45, 7) is 2.99. The monoisotopic (exact) mass is 285 g/mol. The van der Waals surface area contributed by atoms with Crippen LogP contribution in [0.2, 0.25) is 0 Å². The molecule has 0 aromatic heterocycles. The molecule has 3 heterocycles. The molecule has 0 bridgehead atoms. The van der Waals surface area contributed by atoms with E-state index < -0.39 is 0 Å². The number of ether oxygens (including phenoxy) is 2. The Morgan fingerprint density at radius 3 is 2.42 bits per heavy atom. The van der Waals surface area contributed by atoms with Crippen molar-refractivity contribution in [3.05, 3.63) is 0 Å². The molecule has 1 spiro atoms. The normalized spacial score (nSPS) is 27.9. The Kier molecular flexibility index (Phi) is 4.34. The second-order valence-electron chi connectivity index (χ2n) is 5.75. The second kappa shape index (κ2) is 6.02. The molecule has 4 nitrogen and oxygen atoms in total. The van der Waals surface area contributed by atoms with Crippen molar-refractivity contribution in [2.24, 2.45) is 5.92 Å². The van der Waals surface area contributed by atoms with E-state index in [0.717, 1.165) is 32.4 Å². The Morgan fingerprint density at radius 1 is 1.16 bits per heavy atom. The van der Waals surface area contributed by atoms with E-state index in [9.17, 15) is 4.79 Å².